The van der Waals surface area contributed by atoms with Crippen LogP contribution in [-0.2, 0) is 4.79 Å². The Morgan fingerprint density at radius 1 is 1.36 bits per heavy atom. The number of H-pyrrole nitrogens is 1. The molecule has 2 heterocycles. The summed E-state index contributed by atoms with van der Waals surface area (Å²) < 4.78 is 5.63. The molecule has 0 saturated heterocycles. The van der Waals surface area contributed by atoms with Crippen LogP contribution in [0.4, 0.5) is 5.82 Å². The van der Waals surface area contributed by atoms with Gasteiger partial charge in [-0.05, 0) is 31.0 Å². The van der Waals surface area contributed by atoms with Crippen LogP contribution in [0, 0.1) is 6.92 Å². The van der Waals surface area contributed by atoms with Crippen molar-refractivity contribution < 1.29 is 9.53 Å². The number of benzene rings is 1. The van der Waals surface area contributed by atoms with Gasteiger partial charge in [0.2, 0.25) is 5.91 Å². The highest BCUT2D eigenvalue weighted by atomic mass is 32.2. The molecule has 1 aromatic heterocycles. The van der Waals surface area contributed by atoms with Crippen LogP contribution in [0.2, 0.25) is 0 Å². The fraction of sp³-hybridized carbons (Fsp3) is 0.375. The highest BCUT2D eigenvalue weighted by Crippen LogP contribution is 2.42. The SMILES string of the molecule is CCCOc1ccc([C@@H]2SCC(=O)Nc3n[nH]c(C)c32)cc1. The van der Waals surface area contributed by atoms with Gasteiger partial charge in [0.1, 0.15) is 5.75 Å². The van der Waals surface area contributed by atoms with Gasteiger partial charge in [0, 0.05) is 11.3 Å². The third-order valence-corrected chi connectivity index (χ3v) is 4.82. The number of aromatic nitrogens is 2. The van der Waals surface area contributed by atoms with Gasteiger partial charge in [0.15, 0.2) is 5.82 Å². The van der Waals surface area contributed by atoms with Crippen molar-refractivity contribution in [3.63, 3.8) is 0 Å². The predicted molar refractivity (Wildman–Crippen MR) is 88.5 cm³/mol. The van der Waals surface area contributed by atoms with Gasteiger partial charge in [0.05, 0.1) is 17.6 Å². The van der Waals surface area contributed by atoms with Crippen molar-refractivity contribution in [3.05, 3.63) is 41.1 Å². The number of ether oxygens (including phenoxy) is 1. The fourth-order valence-corrected chi connectivity index (χ4v) is 3.68. The Hall–Kier alpha value is -1.95. The number of nitrogens with zero attached hydrogens (tertiary/aromatic N) is 1. The Kier molecular flexibility index (Phi) is 4.38. The van der Waals surface area contributed by atoms with E-state index in [1.54, 1.807) is 11.8 Å². The molecule has 0 aliphatic carbocycles. The van der Waals surface area contributed by atoms with Crippen molar-refractivity contribution in [2.45, 2.75) is 25.5 Å². The van der Waals surface area contributed by atoms with Crippen LogP contribution in [0.25, 0.3) is 0 Å². The molecule has 0 spiro atoms. The summed E-state index contributed by atoms with van der Waals surface area (Å²) in [5.41, 5.74) is 3.19. The van der Waals surface area contributed by atoms with Crippen molar-refractivity contribution in [1.82, 2.24) is 10.2 Å². The van der Waals surface area contributed by atoms with E-state index in [2.05, 4.69) is 34.6 Å². The second-order valence-electron chi connectivity index (χ2n) is 5.27. The van der Waals surface area contributed by atoms with Crippen LogP contribution >= 0.6 is 11.8 Å². The Morgan fingerprint density at radius 2 is 2.14 bits per heavy atom. The first-order chi connectivity index (χ1) is 10.7. The molecule has 2 N–H and O–H groups in total. The van der Waals surface area contributed by atoms with E-state index in [0.717, 1.165) is 35.6 Å². The lowest BCUT2D eigenvalue weighted by atomic mass is 10.0. The lowest BCUT2D eigenvalue weighted by Gasteiger charge is -2.15. The van der Waals surface area contributed by atoms with Gasteiger partial charge in [0.25, 0.3) is 0 Å². The summed E-state index contributed by atoms with van der Waals surface area (Å²) in [5.74, 6) is 1.93. The first-order valence-corrected chi connectivity index (χ1v) is 8.43. The number of anilines is 1. The molecule has 0 saturated carbocycles. The molecule has 116 valence electrons. The Balaban J connectivity index is 1.90. The zero-order chi connectivity index (χ0) is 15.5. The Morgan fingerprint density at radius 3 is 2.86 bits per heavy atom. The maximum absolute atomic E-state index is 11.8. The van der Waals surface area contributed by atoms with Crippen molar-refractivity contribution in [2.24, 2.45) is 0 Å². The van der Waals surface area contributed by atoms with Crippen LogP contribution in [0.3, 0.4) is 0 Å². The predicted octanol–water partition coefficient (Wildman–Crippen LogP) is 3.28. The molecular weight excluding hydrogens is 298 g/mol. The number of fused-ring (bicyclic) bond motifs is 1. The van der Waals surface area contributed by atoms with Crippen molar-refractivity contribution in [1.29, 1.82) is 0 Å². The van der Waals surface area contributed by atoms with E-state index in [-0.39, 0.29) is 11.2 Å². The number of carbonyl (C=O) groups excluding carboxylic acids is 1. The molecule has 22 heavy (non-hydrogen) atoms. The number of aryl methyl sites for hydroxylation is 1. The topological polar surface area (TPSA) is 67.0 Å². The molecule has 1 aromatic carbocycles. The summed E-state index contributed by atoms with van der Waals surface area (Å²) in [6, 6.07) is 8.10. The molecule has 2 aromatic rings. The average molecular weight is 317 g/mol. The standard InChI is InChI=1S/C16H19N3O2S/c1-3-8-21-12-6-4-11(5-7-12)15-14-10(2)18-19-16(14)17-13(20)9-22-15/h4-7,15H,3,8-9H2,1-2H3,(H2,17,18,19,20)/t15-/m0/s1. The maximum atomic E-state index is 11.8. The van der Waals surface area contributed by atoms with E-state index in [1.807, 2.05) is 19.1 Å². The summed E-state index contributed by atoms with van der Waals surface area (Å²) >= 11 is 1.62. The minimum Gasteiger partial charge on any atom is -0.494 e. The molecule has 5 nitrogen and oxygen atoms in total. The molecule has 1 atom stereocenters. The van der Waals surface area contributed by atoms with Gasteiger partial charge in [-0.2, -0.15) is 5.10 Å². The Labute approximate surface area is 133 Å². The second kappa shape index (κ2) is 6.44. The number of amides is 1. The van der Waals surface area contributed by atoms with Crippen LogP contribution < -0.4 is 10.1 Å². The summed E-state index contributed by atoms with van der Waals surface area (Å²) in [6.07, 6.45) is 0.992. The molecule has 1 amide bonds. The van der Waals surface area contributed by atoms with Gasteiger partial charge < -0.3 is 10.1 Å². The van der Waals surface area contributed by atoms with Gasteiger partial charge >= 0.3 is 0 Å². The van der Waals surface area contributed by atoms with Crippen LogP contribution in [0.15, 0.2) is 24.3 Å². The number of hydrogen-bond acceptors (Lipinski definition) is 4. The molecule has 6 heteroatoms. The maximum Gasteiger partial charge on any atom is 0.235 e. The van der Waals surface area contributed by atoms with Gasteiger partial charge in [-0.1, -0.05) is 19.1 Å². The molecule has 0 radical (unpaired) electrons. The highest BCUT2D eigenvalue weighted by molar-refractivity contribution is 8.00. The summed E-state index contributed by atoms with van der Waals surface area (Å²) in [7, 11) is 0. The smallest absolute Gasteiger partial charge is 0.235 e. The van der Waals surface area contributed by atoms with E-state index in [1.165, 1.54) is 0 Å². The van der Waals surface area contributed by atoms with Crippen molar-refractivity contribution in [2.75, 3.05) is 17.7 Å². The fourth-order valence-electron chi connectivity index (χ4n) is 2.49. The van der Waals surface area contributed by atoms with E-state index in [4.69, 9.17) is 4.74 Å². The summed E-state index contributed by atoms with van der Waals surface area (Å²) in [4.78, 5) is 11.8. The number of nitrogens with one attached hydrogen (secondary N) is 2. The number of thioether (sulfide) groups is 1. The number of carbonyl (C=O) groups is 1. The third kappa shape index (κ3) is 2.97. The van der Waals surface area contributed by atoms with Gasteiger partial charge in [-0.15, -0.1) is 11.8 Å². The number of aromatic amines is 1. The monoisotopic (exact) mass is 317 g/mol. The molecular formula is C16H19N3O2S. The number of rotatable bonds is 4. The lowest BCUT2D eigenvalue weighted by Crippen LogP contribution is -2.12. The molecule has 0 bridgehead atoms. The Bertz CT molecular complexity index is 667. The molecule has 0 fully saturated rings. The molecule has 0 unspecified atom stereocenters. The van der Waals surface area contributed by atoms with Gasteiger partial charge in [-0.25, -0.2) is 0 Å². The minimum atomic E-state index is -0.0110. The zero-order valence-electron chi connectivity index (χ0n) is 12.7. The van der Waals surface area contributed by atoms with Gasteiger partial charge in [-0.3, -0.25) is 9.89 Å². The first-order valence-electron chi connectivity index (χ1n) is 7.38. The van der Waals surface area contributed by atoms with E-state index in [0.29, 0.717) is 11.6 Å². The van der Waals surface area contributed by atoms with E-state index < -0.39 is 0 Å². The normalized spacial score (nSPS) is 17.5. The van der Waals surface area contributed by atoms with E-state index in [9.17, 15) is 4.79 Å². The largest absolute Gasteiger partial charge is 0.494 e. The van der Waals surface area contributed by atoms with Crippen LogP contribution in [0.1, 0.15) is 35.4 Å². The third-order valence-electron chi connectivity index (χ3n) is 3.55. The quantitative estimate of drug-likeness (QED) is 0.908. The van der Waals surface area contributed by atoms with Crippen LogP contribution in [-0.4, -0.2) is 28.5 Å². The zero-order valence-corrected chi connectivity index (χ0v) is 13.5. The molecule has 1 aliphatic heterocycles. The summed E-state index contributed by atoms with van der Waals surface area (Å²) in [6.45, 7) is 4.79. The van der Waals surface area contributed by atoms with E-state index >= 15 is 0 Å². The first kappa shape index (κ1) is 15.0. The second-order valence-corrected chi connectivity index (χ2v) is 6.36. The molecule has 1 aliphatic rings. The molecule has 3 rings (SSSR count). The van der Waals surface area contributed by atoms with Crippen molar-refractivity contribution in [3.8, 4) is 5.75 Å². The van der Waals surface area contributed by atoms with Crippen molar-refractivity contribution >= 4 is 23.5 Å². The number of hydrogen-bond donors (Lipinski definition) is 2. The minimum absolute atomic E-state index is 0.0110. The summed E-state index contributed by atoms with van der Waals surface area (Å²) in [5, 5.41) is 10.1. The average Bonchev–Trinajstić information content (AvgIpc) is 2.78. The van der Waals surface area contributed by atoms with Crippen LogP contribution in [0.5, 0.6) is 5.75 Å². The highest BCUT2D eigenvalue weighted by Gasteiger charge is 2.28. The lowest BCUT2D eigenvalue weighted by molar-refractivity contribution is -0.113.